The van der Waals surface area contributed by atoms with Gasteiger partial charge >= 0.3 is 0 Å². The van der Waals surface area contributed by atoms with E-state index in [-0.39, 0.29) is 18.1 Å². The smallest absolute Gasteiger partial charge is 0.228 e. The fraction of sp³-hybridized carbons (Fsp3) is 0.393. The number of halogens is 1. The summed E-state index contributed by atoms with van der Waals surface area (Å²) in [4.78, 5) is 28.6. The van der Waals surface area contributed by atoms with Crippen LogP contribution in [0.15, 0.2) is 67.0 Å². The van der Waals surface area contributed by atoms with E-state index in [0.29, 0.717) is 11.6 Å². The van der Waals surface area contributed by atoms with Crippen LogP contribution in [-0.4, -0.2) is 66.1 Å². The highest BCUT2D eigenvalue weighted by atomic mass is 19.1. The van der Waals surface area contributed by atoms with Crippen LogP contribution in [0.4, 0.5) is 21.7 Å². The van der Waals surface area contributed by atoms with Gasteiger partial charge in [0.1, 0.15) is 5.82 Å². The lowest BCUT2D eigenvalue weighted by Crippen LogP contribution is -2.46. The topological polar surface area (TPSA) is 64.6 Å². The number of anilines is 3. The van der Waals surface area contributed by atoms with Crippen molar-refractivity contribution in [3.63, 3.8) is 0 Å². The second kappa shape index (κ2) is 11.5. The zero-order valence-electron chi connectivity index (χ0n) is 20.5. The molecule has 0 radical (unpaired) electrons. The van der Waals surface area contributed by atoms with E-state index in [4.69, 9.17) is 0 Å². The molecule has 2 saturated heterocycles. The van der Waals surface area contributed by atoms with Crippen LogP contribution < -0.4 is 15.1 Å². The number of nitrogens with zero attached hydrogens (tertiary/aromatic N) is 5. The van der Waals surface area contributed by atoms with Crippen molar-refractivity contribution < 1.29 is 9.18 Å². The lowest BCUT2D eigenvalue weighted by atomic mass is 10.0. The Morgan fingerprint density at radius 1 is 0.889 bits per heavy atom. The normalized spacial score (nSPS) is 17.6. The number of piperidine rings is 1. The summed E-state index contributed by atoms with van der Waals surface area (Å²) in [6.07, 6.45) is 7.20. The molecule has 0 saturated carbocycles. The van der Waals surface area contributed by atoms with E-state index in [1.807, 2.05) is 30.6 Å². The third kappa shape index (κ3) is 6.18. The molecule has 2 fully saturated rings. The number of aromatic nitrogens is 2. The largest absolute Gasteiger partial charge is 0.371 e. The summed E-state index contributed by atoms with van der Waals surface area (Å²) in [5.74, 6) is 0.361. The molecule has 0 unspecified atom stereocenters. The van der Waals surface area contributed by atoms with Crippen molar-refractivity contribution in [2.24, 2.45) is 0 Å². The first-order valence-electron chi connectivity index (χ1n) is 12.8. The molecule has 2 aliphatic heterocycles. The van der Waals surface area contributed by atoms with Gasteiger partial charge in [-0.05, 0) is 67.3 Å². The fourth-order valence-electron chi connectivity index (χ4n) is 5.24. The molecule has 1 N–H and O–H groups in total. The van der Waals surface area contributed by atoms with Gasteiger partial charge in [-0.15, -0.1) is 0 Å². The Kier molecular flexibility index (Phi) is 7.71. The van der Waals surface area contributed by atoms with Gasteiger partial charge in [-0.2, -0.15) is 0 Å². The predicted molar refractivity (Wildman–Crippen MR) is 141 cm³/mol. The van der Waals surface area contributed by atoms with Crippen molar-refractivity contribution in [1.29, 1.82) is 0 Å². The van der Waals surface area contributed by atoms with Gasteiger partial charge < -0.3 is 15.1 Å². The molecule has 5 rings (SSSR count). The summed E-state index contributed by atoms with van der Waals surface area (Å²) >= 11 is 0. The molecule has 188 valence electrons. The van der Waals surface area contributed by atoms with E-state index >= 15 is 0 Å². The number of hydrogen-bond donors (Lipinski definition) is 1. The Balaban J connectivity index is 1.09. The van der Waals surface area contributed by atoms with E-state index in [1.165, 1.54) is 17.8 Å². The molecule has 3 aromatic rings. The van der Waals surface area contributed by atoms with Gasteiger partial charge in [0.2, 0.25) is 11.9 Å². The van der Waals surface area contributed by atoms with Crippen molar-refractivity contribution in [3.05, 3.63) is 78.4 Å². The standard InChI is InChI=1S/C28H33FN6O/c29-23-5-1-4-22(20-23)21-27(36)32-24-6-8-25(9-7-24)34-16-10-26(11-17-34)33-14-3-15-35(19-18-33)28-30-12-2-13-31-28/h1-2,4-9,12-13,20,26H,3,10-11,14-19,21H2,(H,32,36). The molecule has 1 amide bonds. The maximum Gasteiger partial charge on any atom is 0.228 e. The number of carbonyl (C=O) groups is 1. The van der Waals surface area contributed by atoms with Crippen LogP contribution in [0.25, 0.3) is 0 Å². The van der Waals surface area contributed by atoms with E-state index in [1.54, 1.807) is 12.1 Å². The molecule has 1 aromatic heterocycles. The van der Waals surface area contributed by atoms with Crippen LogP contribution in [0.5, 0.6) is 0 Å². The van der Waals surface area contributed by atoms with Gasteiger partial charge in [-0.3, -0.25) is 9.69 Å². The molecule has 2 aromatic carbocycles. The lowest BCUT2D eigenvalue weighted by Gasteiger charge is -2.39. The quantitative estimate of drug-likeness (QED) is 0.566. The predicted octanol–water partition coefficient (Wildman–Crippen LogP) is 3.98. The van der Waals surface area contributed by atoms with Gasteiger partial charge in [0, 0.05) is 69.1 Å². The molecule has 0 spiro atoms. The van der Waals surface area contributed by atoms with E-state index in [0.717, 1.165) is 70.2 Å². The van der Waals surface area contributed by atoms with Crippen LogP contribution in [0.1, 0.15) is 24.8 Å². The van der Waals surface area contributed by atoms with E-state index < -0.39 is 0 Å². The zero-order valence-corrected chi connectivity index (χ0v) is 20.5. The van der Waals surface area contributed by atoms with Crippen LogP contribution in [0.2, 0.25) is 0 Å². The summed E-state index contributed by atoms with van der Waals surface area (Å²) in [6.45, 7) is 6.20. The Morgan fingerprint density at radius 3 is 2.42 bits per heavy atom. The fourth-order valence-corrected chi connectivity index (χ4v) is 5.24. The molecule has 36 heavy (non-hydrogen) atoms. The molecule has 2 aliphatic rings. The minimum atomic E-state index is -0.326. The molecule has 0 aliphatic carbocycles. The average molecular weight is 489 g/mol. The highest BCUT2D eigenvalue weighted by Gasteiger charge is 2.27. The number of hydrogen-bond acceptors (Lipinski definition) is 6. The zero-order chi connectivity index (χ0) is 24.7. The summed E-state index contributed by atoms with van der Waals surface area (Å²) in [5.41, 5.74) is 2.60. The number of nitrogens with one attached hydrogen (secondary N) is 1. The molecule has 8 heteroatoms. The number of rotatable bonds is 6. The maximum atomic E-state index is 13.3. The van der Waals surface area contributed by atoms with Gasteiger partial charge in [-0.25, -0.2) is 14.4 Å². The molecule has 0 atom stereocenters. The Bertz CT molecular complexity index is 1130. The van der Waals surface area contributed by atoms with Crippen LogP contribution in [-0.2, 0) is 11.2 Å². The van der Waals surface area contributed by atoms with Crippen LogP contribution in [0, 0.1) is 5.82 Å². The lowest BCUT2D eigenvalue weighted by molar-refractivity contribution is -0.115. The van der Waals surface area contributed by atoms with E-state index in [2.05, 4.69) is 42.1 Å². The number of carbonyl (C=O) groups excluding carboxylic acids is 1. The Labute approximate surface area is 212 Å². The molecule has 7 nitrogen and oxygen atoms in total. The summed E-state index contributed by atoms with van der Waals surface area (Å²) in [5, 5.41) is 2.91. The summed E-state index contributed by atoms with van der Waals surface area (Å²) in [7, 11) is 0. The molecule has 3 heterocycles. The highest BCUT2D eigenvalue weighted by molar-refractivity contribution is 5.92. The van der Waals surface area contributed by atoms with Gasteiger partial charge in [0.15, 0.2) is 0 Å². The Hall–Kier alpha value is -3.52. The maximum absolute atomic E-state index is 13.3. The Morgan fingerprint density at radius 2 is 1.67 bits per heavy atom. The molecule has 0 bridgehead atoms. The number of benzene rings is 2. The first-order valence-corrected chi connectivity index (χ1v) is 12.8. The minimum Gasteiger partial charge on any atom is -0.371 e. The van der Waals surface area contributed by atoms with Crippen molar-refractivity contribution in [2.75, 3.05) is 54.4 Å². The van der Waals surface area contributed by atoms with Crippen molar-refractivity contribution in [3.8, 4) is 0 Å². The summed E-state index contributed by atoms with van der Waals surface area (Å²) < 4.78 is 13.3. The first-order chi connectivity index (χ1) is 17.6. The van der Waals surface area contributed by atoms with Gasteiger partial charge in [-0.1, -0.05) is 12.1 Å². The van der Waals surface area contributed by atoms with E-state index in [9.17, 15) is 9.18 Å². The van der Waals surface area contributed by atoms with Crippen LogP contribution in [0.3, 0.4) is 0 Å². The van der Waals surface area contributed by atoms with Crippen molar-refractivity contribution in [1.82, 2.24) is 14.9 Å². The molecular formula is C28H33FN6O. The van der Waals surface area contributed by atoms with Gasteiger partial charge in [0.25, 0.3) is 0 Å². The highest BCUT2D eigenvalue weighted by Crippen LogP contribution is 2.25. The summed E-state index contributed by atoms with van der Waals surface area (Å²) in [6, 6.07) is 16.7. The second-order valence-corrected chi connectivity index (χ2v) is 9.55. The molecular weight excluding hydrogens is 455 g/mol. The van der Waals surface area contributed by atoms with Crippen molar-refractivity contribution >= 4 is 23.2 Å². The minimum absolute atomic E-state index is 0.149. The third-order valence-corrected chi connectivity index (χ3v) is 7.12. The second-order valence-electron chi connectivity index (χ2n) is 9.55. The SMILES string of the molecule is O=C(Cc1cccc(F)c1)Nc1ccc(N2CCC(N3CCCN(c4ncccn4)CC3)CC2)cc1. The van der Waals surface area contributed by atoms with Crippen LogP contribution >= 0.6 is 0 Å². The van der Waals surface area contributed by atoms with Gasteiger partial charge in [0.05, 0.1) is 6.42 Å². The first kappa shape index (κ1) is 24.2. The van der Waals surface area contributed by atoms with Crippen molar-refractivity contribution in [2.45, 2.75) is 31.7 Å². The average Bonchev–Trinajstić information content (AvgIpc) is 3.16. The third-order valence-electron chi connectivity index (χ3n) is 7.12. The number of amides is 1. The monoisotopic (exact) mass is 488 g/mol.